The van der Waals surface area contributed by atoms with Gasteiger partial charge in [0.25, 0.3) is 0 Å². The molecule has 0 spiro atoms. The first-order chi connectivity index (χ1) is 12.3. The van der Waals surface area contributed by atoms with Crippen molar-refractivity contribution in [2.24, 2.45) is 0 Å². The van der Waals surface area contributed by atoms with Crippen LogP contribution in [-0.4, -0.2) is 15.0 Å². The lowest BCUT2D eigenvalue weighted by Crippen LogP contribution is -2.04. The van der Waals surface area contributed by atoms with Gasteiger partial charge in [-0.3, -0.25) is 0 Å². The average Bonchev–Trinajstić information content (AvgIpc) is 2.61. The van der Waals surface area contributed by atoms with E-state index < -0.39 is 11.7 Å². The van der Waals surface area contributed by atoms with E-state index in [1.807, 2.05) is 6.92 Å². The number of aromatic nitrogens is 3. The third-order valence-electron chi connectivity index (χ3n) is 3.51. The molecule has 8 heteroatoms. The summed E-state index contributed by atoms with van der Waals surface area (Å²) in [6.45, 7) is 1.91. The maximum absolute atomic E-state index is 12.7. The molecule has 26 heavy (non-hydrogen) atoms. The molecular formula is C18H13ClF3N3O. The Kier molecular flexibility index (Phi) is 5.08. The molecule has 0 N–H and O–H groups in total. The molecule has 2 aromatic heterocycles. The summed E-state index contributed by atoms with van der Waals surface area (Å²) < 4.78 is 43.8. The van der Waals surface area contributed by atoms with E-state index in [1.54, 1.807) is 12.1 Å². The van der Waals surface area contributed by atoms with Crippen LogP contribution in [0.25, 0.3) is 11.4 Å². The molecule has 0 atom stereocenters. The fourth-order valence-corrected chi connectivity index (χ4v) is 2.38. The summed E-state index contributed by atoms with van der Waals surface area (Å²) in [5.41, 5.74) is 0.437. The van der Waals surface area contributed by atoms with Crippen LogP contribution in [0.15, 0.2) is 48.7 Å². The first kappa shape index (κ1) is 18.1. The Morgan fingerprint density at radius 3 is 2.38 bits per heavy atom. The van der Waals surface area contributed by atoms with E-state index in [2.05, 4.69) is 15.0 Å². The van der Waals surface area contributed by atoms with E-state index in [0.717, 1.165) is 12.1 Å². The number of aryl methyl sites for hydroxylation is 1. The summed E-state index contributed by atoms with van der Waals surface area (Å²) in [5, 5.41) is 0.273. The minimum absolute atomic E-state index is 0.272. The van der Waals surface area contributed by atoms with Gasteiger partial charge in [0.1, 0.15) is 10.9 Å². The predicted octanol–water partition coefficient (Wildman–Crippen LogP) is 5.57. The van der Waals surface area contributed by atoms with Gasteiger partial charge >= 0.3 is 6.18 Å². The van der Waals surface area contributed by atoms with Crippen molar-refractivity contribution in [2.75, 3.05) is 0 Å². The topological polar surface area (TPSA) is 47.9 Å². The second-order valence-corrected chi connectivity index (χ2v) is 5.75. The minimum atomic E-state index is -4.39. The van der Waals surface area contributed by atoms with Gasteiger partial charge in [-0.2, -0.15) is 18.2 Å². The highest BCUT2D eigenvalue weighted by atomic mass is 35.5. The molecule has 0 aliphatic carbocycles. The Labute approximate surface area is 152 Å². The van der Waals surface area contributed by atoms with Crippen molar-refractivity contribution >= 4 is 11.6 Å². The van der Waals surface area contributed by atoms with Crippen LogP contribution in [-0.2, 0) is 12.6 Å². The smallest absolute Gasteiger partial charge is 0.416 e. The van der Waals surface area contributed by atoms with Crippen molar-refractivity contribution < 1.29 is 17.9 Å². The zero-order valence-electron chi connectivity index (χ0n) is 13.6. The van der Waals surface area contributed by atoms with Crippen LogP contribution in [0, 0.1) is 0 Å². The molecule has 0 aliphatic rings. The van der Waals surface area contributed by atoms with Crippen LogP contribution in [0.4, 0.5) is 13.2 Å². The van der Waals surface area contributed by atoms with Gasteiger partial charge in [-0.05, 0) is 24.6 Å². The van der Waals surface area contributed by atoms with Crippen LogP contribution in [0.5, 0.6) is 11.6 Å². The molecule has 0 saturated carbocycles. The summed E-state index contributed by atoms with van der Waals surface area (Å²) in [5.74, 6) is 1.01. The van der Waals surface area contributed by atoms with Crippen LogP contribution in [0.2, 0.25) is 5.15 Å². The molecule has 0 unspecified atom stereocenters. The zero-order chi connectivity index (χ0) is 18.7. The van der Waals surface area contributed by atoms with Gasteiger partial charge in [-0.25, -0.2) is 9.97 Å². The number of nitrogens with zero attached hydrogens (tertiary/aromatic N) is 3. The molecule has 3 aromatic rings. The molecule has 4 nitrogen and oxygen atoms in total. The van der Waals surface area contributed by atoms with E-state index in [9.17, 15) is 13.2 Å². The Morgan fingerprint density at radius 1 is 1.04 bits per heavy atom. The number of ether oxygens (including phenoxy) is 1. The molecular weight excluding hydrogens is 367 g/mol. The molecule has 0 radical (unpaired) electrons. The molecule has 2 heterocycles. The fourth-order valence-electron chi connectivity index (χ4n) is 2.21. The first-order valence-corrected chi connectivity index (χ1v) is 8.08. The highest BCUT2D eigenvalue weighted by Gasteiger charge is 2.30. The van der Waals surface area contributed by atoms with E-state index >= 15 is 0 Å². The van der Waals surface area contributed by atoms with Crippen LogP contribution >= 0.6 is 11.6 Å². The van der Waals surface area contributed by atoms with Gasteiger partial charge in [-0.15, -0.1) is 0 Å². The van der Waals surface area contributed by atoms with E-state index in [4.69, 9.17) is 16.3 Å². The quantitative estimate of drug-likeness (QED) is 0.556. The molecule has 0 fully saturated rings. The molecule has 3 rings (SSSR count). The van der Waals surface area contributed by atoms with E-state index in [-0.39, 0.29) is 16.9 Å². The van der Waals surface area contributed by atoms with Gasteiger partial charge in [0, 0.05) is 29.6 Å². The van der Waals surface area contributed by atoms with Crippen molar-refractivity contribution in [3.8, 4) is 23.0 Å². The predicted molar refractivity (Wildman–Crippen MR) is 91.2 cm³/mol. The fraction of sp³-hybridized carbons (Fsp3) is 0.167. The third kappa shape index (κ3) is 4.29. The monoisotopic (exact) mass is 379 g/mol. The number of hydrogen-bond donors (Lipinski definition) is 0. The number of benzene rings is 1. The minimum Gasteiger partial charge on any atom is -0.439 e. The highest BCUT2D eigenvalue weighted by Crippen LogP contribution is 2.31. The second kappa shape index (κ2) is 7.29. The summed E-state index contributed by atoms with van der Waals surface area (Å²) >= 11 is 5.83. The molecule has 134 valence electrons. The summed E-state index contributed by atoms with van der Waals surface area (Å²) in [6, 6.07) is 9.50. The normalized spacial score (nSPS) is 11.4. The Hall–Kier alpha value is -2.67. The molecule has 1 aromatic carbocycles. The van der Waals surface area contributed by atoms with Crippen molar-refractivity contribution in [1.82, 2.24) is 15.0 Å². The van der Waals surface area contributed by atoms with Crippen molar-refractivity contribution in [3.63, 3.8) is 0 Å². The number of halogens is 4. The lowest BCUT2D eigenvalue weighted by molar-refractivity contribution is -0.137. The molecule has 0 amide bonds. The lowest BCUT2D eigenvalue weighted by atomic mass is 10.1. The van der Waals surface area contributed by atoms with E-state index in [0.29, 0.717) is 23.4 Å². The largest absolute Gasteiger partial charge is 0.439 e. The number of pyridine rings is 1. The summed E-state index contributed by atoms with van der Waals surface area (Å²) in [7, 11) is 0. The van der Waals surface area contributed by atoms with Gasteiger partial charge in [0.2, 0.25) is 5.88 Å². The molecule has 0 saturated heterocycles. The van der Waals surface area contributed by atoms with Gasteiger partial charge in [0.05, 0.1) is 5.56 Å². The summed E-state index contributed by atoms with van der Waals surface area (Å²) in [6.07, 6.45) is -2.28. The Bertz CT molecular complexity index is 914. The SMILES string of the molecule is CCc1cc(Oc2ccnc(Cl)c2)nc(-c2ccc(C(F)(F)F)cc2)n1. The molecule has 0 bridgehead atoms. The van der Waals surface area contributed by atoms with Crippen LogP contribution < -0.4 is 4.74 Å². The summed E-state index contributed by atoms with van der Waals surface area (Å²) in [4.78, 5) is 12.5. The maximum atomic E-state index is 12.7. The maximum Gasteiger partial charge on any atom is 0.416 e. The van der Waals surface area contributed by atoms with Crippen LogP contribution in [0.3, 0.4) is 0 Å². The lowest BCUT2D eigenvalue weighted by Gasteiger charge is -2.10. The Morgan fingerprint density at radius 2 is 1.77 bits per heavy atom. The number of rotatable bonds is 4. The Balaban J connectivity index is 1.95. The highest BCUT2D eigenvalue weighted by molar-refractivity contribution is 6.29. The van der Waals surface area contributed by atoms with Crippen molar-refractivity contribution in [3.05, 3.63) is 65.1 Å². The van der Waals surface area contributed by atoms with E-state index in [1.165, 1.54) is 24.4 Å². The van der Waals surface area contributed by atoms with Crippen molar-refractivity contribution in [1.29, 1.82) is 0 Å². The van der Waals surface area contributed by atoms with Gasteiger partial charge < -0.3 is 4.74 Å². The molecule has 0 aliphatic heterocycles. The van der Waals surface area contributed by atoms with Gasteiger partial charge in [-0.1, -0.05) is 30.7 Å². The third-order valence-corrected chi connectivity index (χ3v) is 3.72. The standard InChI is InChI=1S/C18H13ClF3N3O/c1-2-13-9-16(26-14-7-8-23-15(19)10-14)25-17(24-13)11-3-5-12(6-4-11)18(20,21)22/h3-10H,2H2,1H3. The van der Waals surface area contributed by atoms with Crippen LogP contribution in [0.1, 0.15) is 18.2 Å². The zero-order valence-corrected chi connectivity index (χ0v) is 14.3. The number of hydrogen-bond acceptors (Lipinski definition) is 4. The average molecular weight is 380 g/mol. The second-order valence-electron chi connectivity index (χ2n) is 5.37. The van der Waals surface area contributed by atoms with Gasteiger partial charge in [0.15, 0.2) is 5.82 Å². The van der Waals surface area contributed by atoms with Crippen molar-refractivity contribution in [2.45, 2.75) is 19.5 Å². The first-order valence-electron chi connectivity index (χ1n) is 7.70. The number of alkyl halides is 3.